The molecule has 0 aromatic carbocycles. The molecule has 0 saturated carbocycles. The van der Waals surface area contributed by atoms with Crippen LogP contribution in [-0.4, -0.2) is 44.9 Å². The van der Waals surface area contributed by atoms with E-state index in [1.54, 1.807) is 6.92 Å². The molecule has 2 N–H and O–H groups in total. The van der Waals surface area contributed by atoms with E-state index in [4.69, 9.17) is 5.11 Å². The second-order valence-electron chi connectivity index (χ2n) is 4.59. The number of fused-ring (bicyclic) bond motifs is 1. The van der Waals surface area contributed by atoms with Gasteiger partial charge in [-0.1, -0.05) is 6.92 Å². The van der Waals surface area contributed by atoms with E-state index in [0.29, 0.717) is 33.6 Å². The van der Waals surface area contributed by atoms with Gasteiger partial charge in [-0.25, -0.2) is 4.98 Å². The molecule has 0 unspecified atom stereocenters. The normalized spacial score (nSPS) is 10.8. The third-order valence-corrected chi connectivity index (χ3v) is 4.22. The summed E-state index contributed by atoms with van der Waals surface area (Å²) >= 11 is 1.11. The number of carbonyl (C=O) groups is 2. The summed E-state index contributed by atoms with van der Waals surface area (Å²) in [7, 11) is 0. The molecule has 0 aliphatic carbocycles. The number of hydrogen-bond acceptors (Lipinski definition) is 5. The molecule has 0 fully saturated rings. The topological polar surface area (TPSA) is 103 Å². The van der Waals surface area contributed by atoms with Crippen LogP contribution in [0.5, 0.6) is 0 Å². The van der Waals surface area contributed by atoms with Crippen LogP contribution in [0.15, 0.2) is 11.1 Å². The number of aromatic amines is 1. The number of carboxylic acid groups (broad SMARTS) is 1. The Morgan fingerprint density at radius 1 is 1.48 bits per heavy atom. The average Bonchev–Trinajstić information content (AvgIpc) is 2.76. The molecular weight excluding hydrogens is 294 g/mol. The molecule has 1 amide bonds. The van der Waals surface area contributed by atoms with Gasteiger partial charge in [-0.05, 0) is 18.9 Å². The molecule has 2 rings (SSSR count). The molecule has 21 heavy (non-hydrogen) atoms. The highest BCUT2D eigenvalue weighted by Crippen LogP contribution is 2.27. The number of carbonyl (C=O) groups excluding carboxylic acids is 1. The van der Waals surface area contributed by atoms with E-state index >= 15 is 0 Å². The van der Waals surface area contributed by atoms with Crippen molar-refractivity contribution in [2.45, 2.75) is 20.3 Å². The van der Waals surface area contributed by atoms with Crippen molar-refractivity contribution < 1.29 is 14.7 Å². The fraction of sp³-hybridized carbons (Fsp3) is 0.385. The molecule has 0 aliphatic rings. The summed E-state index contributed by atoms with van der Waals surface area (Å²) in [4.78, 5) is 43.8. The van der Waals surface area contributed by atoms with E-state index in [0.717, 1.165) is 11.3 Å². The van der Waals surface area contributed by atoms with Crippen molar-refractivity contribution in [1.82, 2.24) is 14.9 Å². The summed E-state index contributed by atoms with van der Waals surface area (Å²) < 4.78 is 0. The van der Waals surface area contributed by atoms with Crippen LogP contribution in [0.3, 0.4) is 0 Å². The second kappa shape index (κ2) is 6.04. The molecule has 0 radical (unpaired) electrons. The lowest BCUT2D eigenvalue weighted by molar-refractivity contribution is -0.137. The third-order valence-electron chi connectivity index (χ3n) is 3.03. The molecular formula is C13H15N3O4S. The summed E-state index contributed by atoms with van der Waals surface area (Å²) in [6.07, 6.45) is 1.94. The molecule has 0 saturated heterocycles. The number of nitrogens with one attached hydrogen (secondary N) is 1. The van der Waals surface area contributed by atoms with Crippen LogP contribution in [0.25, 0.3) is 10.2 Å². The van der Waals surface area contributed by atoms with E-state index in [-0.39, 0.29) is 18.0 Å². The lowest BCUT2D eigenvalue weighted by Crippen LogP contribution is -2.36. The first kappa shape index (κ1) is 15.2. The zero-order chi connectivity index (χ0) is 15.6. The van der Waals surface area contributed by atoms with Gasteiger partial charge in [-0.15, -0.1) is 11.3 Å². The van der Waals surface area contributed by atoms with E-state index < -0.39 is 5.97 Å². The second-order valence-corrected chi connectivity index (χ2v) is 5.59. The van der Waals surface area contributed by atoms with Gasteiger partial charge in [0.05, 0.1) is 16.6 Å². The monoisotopic (exact) mass is 309 g/mol. The fourth-order valence-electron chi connectivity index (χ4n) is 2.11. The van der Waals surface area contributed by atoms with Crippen molar-refractivity contribution in [1.29, 1.82) is 0 Å². The maximum Gasteiger partial charge on any atom is 0.323 e. The number of H-pyrrole nitrogens is 1. The van der Waals surface area contributed by atoms with Gasteiger partial charge in [0, 0.05) is 6.54 Å². The summed E-state index contributed by atoms with van der Waals surface area (Å²) in [5.41, 5.74) is 0.244. The van der Waals surface area contributed by atoms with Gasteiger partial charge in [0.15, 0.2) is 0 Å². The SMILES string of the molecule is CCCN(CC(=O)O)C(=O)c1sc2nc[nH]c(=O)c2c1C. The summed E-state index contributed by atoms with van der Waals surface area (Å²) in [5, 5.41) is 9.29. The van der Waals surface area contributed by atoms with Gasteiger partial charge in [0.1, 0.15) is 11.4 Å². The molecule has 0 atom stereocenters. The Kier molecular flexibility index (Phi) is 4.37. The van der Waals surface area contributed by atoms with Crippen molar-refractivity contribution in [3.63, 3.8) is 0 Å². The van der Waals surface area contributed by atoms with E-state index in [9.17, 15) is 14.4 Å². The van der Waals surface area contributed by atoms with Crippen LogP contribution < -0.4 is 5.56 Å². The highest BCUT2D eigenvalue weighted by atomic mass is 32.1. The molecule has 2 aromatic heterocycles. The first-order valence-electron chi connectivity index (χ1n) is 6.43. The molecule has 0 bridgehead atoms. The Balaban J connectivity index is 2.47. The number of rotatable bonds is 5. The zero-order valence-electron chi connectivity index (χ0n) is 11.7. The van der Waals surface area contributed by atoms with Gasteiger partial charge in [0.2, 0.25) is 0 Å². The standard InChI is InChI=1S/C13H15N3O4S/c1-3-4-16(5-8(17)18)13(20)10-7(2)9-11(19)14-6-15-12(9)21-10/h6H,3-5H2,1-2H3,(H,17,18)(H,14,15,19). The smallest absolute Gasteiger partial charge is 0.323 e. The molecule has 7 nitrogen and oxygen atoms in total. The first-order valence-corrected chi connectivity index (χ1v) is 7.25. The molecule has 0 spiro atoms. The van der Waals surface area contributed by atoms with Gasteiger partial charge in [0.25, 0.3) is 11.5 Å². The maximum absolute atomic E-state index is 12.5. The number of amides is 1. The van der Waals surface area contributed by atoms with Crippen LogP contribution in [0.2, 0.25) is 0 Å². The van der Waals surface area contributed by atoms with Gasteiger partial charge in [-0.2, -0.15) is 0 Å². The predicted molar refractivity (Wildman–Crippen MR) is 78.8 cm³/mol. The molecule has 112 valence electrons. The minimum Gasteiger partial charge on any atom is -0.480 e. The summed E-state index contributed by atoms with van der Waals surface area (Å²) in [5.74, 6) is -1.44. The minimum atomic E-state index is -1.06. The van der Waals surface area contributed by atoms with Crippen LogP contribution >= 0.6 is 11.3 Å². The maximum atomic E-state index is 12.5. The van der Waals surface area contributed by atoms with Crippen molar-refractivity contribution >= 4 is 33.4 Å². The van der Waals surface area contributed by atoms with Gasteiger partial charge >= 0.3 is 5.97 Å². The number of thiophene rings is 1. The van der Waals surface area contributed by atoms with Crippen molar-refractivity contribution in [3.8, 4) is 0 Å². The van der Waals surface area contributed by atoms with E-state index in [2.05, 4.69) is 9.97 Å². The minimum absolute atomic E-state index is 0.298. The number of aryl methyl sites for hydroxylation is 1. The van der Waals surface area contributed by atoms with Crippen LogP contribution in [0.4, 0.5) is 0 Å². The van der Waals surface area contributed by atoms with Gasteiger partial charge in [-0.3, -0.25) is 14.4 Å². The number of aliphatic carboxylic acids is 1. The highest BCUT2D eigenvalue weighted by molar-refractivity contribution is 7.20. The first-order chi connectivity index (χ1) is 9.95. The van der Waals surface area contributed by atoms with Crippen molar-refractivity contribution in [3.05, 3.63) is 27.1 Å². The van der Waals surface area contributed by atoms with Crippen LogP contribution in [0.1, 0.15) is 28.6 Å². The quantitative estimate of drug-likeness (QED) is 0.864. The Morgan fingerprint density at radius 2 is 2.19 bits per heavy atom. The number of nitrogens with zero attached hydrogens (tertiary/aromatic N) is 2. The van der Waals surface area contributed by atoms with E-state index in [1.165, 1.54) is 11.2 Å². The Bertz CT molecular complexity index is 749. The lowest BCUT2D eigenvalue weighted by atomic mass is 10.2. The zero-order valence-corrected chi connectivity index (χ0v) is 12.5. The Hall–Kier alpha value is -2.22. The van der Waals surface area contributed by atoms with E-state index in [1.807, 2.05) is 6.92 Å². The summed E-state index contributed by atoms with van der Waals surface area (Å²) in [6, 6.07) is 0. The van der Waals surface area contributed by atoms with Crippen molar-refractivity contribution in [2.75, 3.05) is 13.1 Å². The Morgan fingerprint density at radius 3 is 2.76 bits per heavy atom. The largest absolute Gasteiger partial charge is 0.480 e. The van der Waals surface area contributed by atoms with Crippen molar-refractivity contribution in [2.24, 2.45) is 0 Å². The Labute approximate surface area is 124 Å². The average molecular weight is 309 g/mol. The number of carboxylic acids is 1. The van der Waals surface area contributed by atoms with Crippen LogP contribution in [0, 0.1) is 6.92 Å². The molecule has 2 heterocycles. The fourth-order valence-corrected chi connectivity index (χ4v) is 3.23. The lowest BCUT2D eigenvalue weighted by Gasteiger charge is -2.19. The predicted octanol–water partition coefficient (Wildman–Crippen LogP) is 1.23. The number of aromatic nitrogens is 2. The molecule has 8 heteroatoms. The highest BCUT2D eigenvalue weighted by Gasteiger charge is 2.24. The van der Waals surface area contributed by atoms with Gasteiger partial charge < -0.3 is 15.0 Å². The molecule has 2 aromatic rings. The molecule has 0 aliphatic heterocycles. The van der Waals surface area contributed by atoms with Crippen LogP contribution in [-0.2, 0) is 4.79 Å². The third kappa shape index (κ3) is 2.94. The summed E-state index contributed by atoms with van der Waals surface area (Å²) in [6.45, 7) is 3.53. The number of hydrogen-bond donors (Lipinski definition) is 2.